The third kappa shape index (κ3) is 5.10. The third-order valence-electron chi connectivity index (χ3n) is 12.3. The highest BCUT2D eigenvalue weighted by molar-refractivity contribution is 6.21. The fourth-order valence-electron chi connectivity index (χ4n) is 9.72. The van der Waals surface area contributed by atoms with Crippen LogP contribution in [-0.2, 0) is 6.42 Å². The first-order valence-corrected chi connectivity index (χ1v) is 20.1. The van der Waals surface area contributed by atoms with Gasteiger partial charge in [0, 0.05) is 17.4 Å². The predicted molar refractivity (Wildman–Crippen MR) is 244 cm³/mol. The summed E-state index contributed by atoms with van der Waals surface area (Å²) in [7, 11) is 0. The maximum Gasteiger partial charge on any atom is 0.134 e. The minimum absolute atomic E-state index is 0.767. The van der Waals surface area contributed by atoms with Gasteiger partial charge in [0.2, 0.25) is 0 Å². The van der Waals surface area contributed by atoms with Crippen molar-refractivity contribution in [3.05, 3.63) is 218 Å². The lowest BCUT2D eigenvalue weighted by Gasteiger charge is -2.19. The van der Waals surface area contributed by atoms with E-state index in [0.717, 1.165) is 23.2 Å². The zero-order valence-electron chi connectivity index (χ0n) is 31.7. The maximum absolute atomic E-state index is 6.66. The van der Waals surface area contributed by atoms with Gasteiger partial charge >= 0.3 is 0 Å². The topological polar surface area (TPSA) is 13.1 Å². The van der Waals surface area contributed by atoms with Gasteiger partial charge in [-0.05, 0) is 123 Å². The third-order valence-corrected chi connectivity index (χ3v) is 12.3. The van der Waals surface area contributed by atoms with Crippen molar-refractivity contribution in [2.45, 2.75) is 6.42 Å². The zero-order chi connectivity index (χ0) is 38.2. The van der Waals surface area contributed by atoms with Crippen molar-refractivity contribution in [1.82, 2.24) is 0 Å². The first-order chi connectivity index (χ1) is 28.8. The van der Waals surface area contributed by atoms with Crippen LogP contribution in [0.5, 0.6) is 0 Å². The van der Waals surface area contributed by atoms with Gasteiger partial charge in [-0.3, -0.25) is 0 Å². The highest BCUT2D eigenvalue weighted by Crippen LogP contribution is 2.48. The zero-order valence-corrected chi connectivity index (χ0v) is 31.7. The quantitative estimate of drug-likeness (QED) is 0.164. The molecule has 270 valence electrons. The van der Waals surface area contributed by atoms with Crippen LogP contribution in [0.2, 0.25) is 0 Å². The van der Waals surface area contributed by atoms with E-state index < -0.39 is 0 Å². The minimum atomic E-state index is 0.767. The second-order valence-electron chi connectivity index (χ2n) is 15.5. The Kier molecular flexibility index (Phi) is 7.36. The number of furan rings is 1. The van der Waals surface area contributed by atoms with Gasteiger partial charge in [0.1, 0.15) is 11.3 Å². The molecule has 1 aliphatic rings. The van der Waals surface area contributed by atoms with Crippen molar-refractivity contribution in [3.8, 4) is 66.8 Å². The number of fused-ring (bicyclic) bond motifs is 10. The molecule has 1 heteroatoms. The lowest BCUT2D eigenvalue weighted by Crippen LogP contribution is -1.91. The largest absolute Gasteiger partial charge is 0.460 e. The Balaban J connectivity index is 1.02. The first-order valence-electron chi connectivity index (χ1n) is 20.1. The van der Waals surface area contributed by atoms with Gasteiger partial charge in [-0.1, -0.05) is 182 Å². The molecule has 10 aromatic carbocycles. The molecule has 0 saturated heterocycles. The van der Waals surface area contributed by atoms with Crippen molar-refractivity contribution >= 4 is 43.3 Å². The van der Waals surface area contributed by atoms with Gasteiger partial charge in [0.25, 0.3) is 0 Å². The molecule has 0 aliphatic heterocycles. The van der Waals surface area contributed by atoms with Crippen LogP contribution in [0.25, 0.3) is 110 Å². The van der Waals surface area contributed by atoms with Crippen molar-refractivity contribution in [3.63, 3.8) is 0 Å². The van der Waals surface area contributed by atoms with E-state index in [1.807, 2.05) is 0 Å². The smallest absolute Gasteiger partial charge is 0.134 e. The summed E-state index contributed by atoms with van der Waals surface area (Å²) in [4.78, 5) is 0. The molecule has 0 fully saturated rings. The van der Waals surface area contributed by atoms with Crippen LogP contribution < -0.4 is 0 Å². The highest BCUT2D eigenvalue weighted by atomic mass is 16.3. The minimum Gasteiger partial charge on any atom is -0.460 e. The molecule has 0 amide bonds. The first kappa shape index (κ1) is 32.7. The van der Waals surface area contributed by atoms with Crippen LogP contribution in [0.3, 0.4) is 0 Å². The number of rotatable bonds is 4. The molecular formula is C57H36O. The molecule has 1 nitrogen and oxygen atoms in total. The summed E-state index contributed by atoms with van der Waals surface area (Å²) in [5, 5.41) is 8.67. The number of hydrogen-bond donors (Lipinski definition) is 0. The molecule has 11 aromatic rings. The molecule has 1 heterocycles. The van der Waals surface area contributed by atoms with Crippen LogP contribution >= 0.6 is 0 Å². The maximum atomic E-state index is 6.66. The number of hydrogen-bond acceptors (Lipinski definition) is 1. The Morgan fingerprint density at radius 1 is 0.293 bits per heavy atom. The van der Waals surface area contributed by atoms with Crippen LogP contribution in [0, 0.1) is 0 Å². The van der Waals surface area contributed by atoms with Gasteiger partial charge in [-0.2, -0.15) is 0 Å². The molecule has 58 heavy (non-hydrogen) atoms. The molecule has 0 spiro atoms. The van der Waals surface area contributed by atoms with E-state index in [9.17, 15) is 0 Å². The van der Waals surface area contributed by atoms with E-state index >= 15 is 0 Å². The molecule has 0 radical (unpaired) electrons. The van der Waals surface area contributed by atoms with Crippen molar-refractivity contribution < 1.29 is 4.42 Å². The van der Waals surface area contributed by atoms with E-state index in [4.69, 9.17) is 4.42 Å². The Labute approximate surface area is 337 Å². The fourth-order valence-corrected chi connectivity index (χ4v) is 9.72. The van der Waals surface area contributed by atoms with Gasteiger partial charge in [-0.25, -0.2) is 0 Å². The Bertz CT molecular complexity index is 3370. The van der Waals surface area contributed by atoms with Gasteiger partial charge in [0.15, 0.2) is 0 Å². The van der Waals surface area contributed by atoms with Crippen molar-refractivity contribution in [2.24, 2.45) is 0 Å². The van der Waals surface area contributed by atoms with Crippen LogP contribution in [0.15, 0.2) is 211 Å². The summed E-state index contributed by atoms with van der Waals surface area (Å²) in [6, 6.07) is 75.6. The van der Waals surface area contributed by atoms with Gasteiger partial charge < -0.3 is 4.42 Å². The van der Waals surface area contributed by atoms with Gasteiger partial charge in [0.05, 0.1) is 0 Å². The molecule has 0 bridgehead atoms. The summed E-state index contributed by atoms with van der Waals surface area (Å²) in [5.41, 5.74) is 17.0. The highest BCUT2D eigenvalue weighted by Gasteiger charge is 2.25. The van der Waals surface area contributed by atoms with Crippen molar-refractivity contribution in [1.29, 1.82) is 0 Å². The summed E-state index contributed by atoms with van der Waals surface area (Å²) in [6.45, 7) is 0. The van der Waals surface area contributed by atoms with E-state index in [2.05, 4.69) is 206 Å². The standard InChI is InChI=1S/C57H36O/c1-3-21-43-36(14-1)16-13-29-44(43)39-18-12-20-42(33-39)56-50-27-9-7-25-48(50)55(49-26-8-10-28-51(49)56)41-19-11-17-37(32-41)38-30-31-53-52(34-38)57-47-24-6-5-23-46(47)45-22-4-2-15-40(45)35-54(57)58-53/h1-34H,35H2. The molecule has 0 atom stereocenters. The molecule has 0 unspecified atom stereocenters. The molecule has 0 saturated carbocycles. The van der Waals surface area contributed by atoms with E-state index in [-0.39, 0.29) is 0 Å². The Morgan fingerprint density at radius 3 is 1.52 bits per heavy atom. The van der Waals surface area contributed by atoms with Crippen LogP contribution in [-0.4, -0.2) is 0 Å². The van der Waals surface area contributed by atoms with Crippen LogP contribution in [0.4, 0.5) is 0 Å². The van der Waals surface area contributed by atoms with Crippen molar-refractivity contribution in [2.75, 3.05) is 0 Å². The SMILES string of the molecule is c1cc(-c2ccc3oc4c(c3c2)-c2ccccc2-c2ccccc2C4)cc(-c2c3ccccc3c(-c3cccc(-c4cccc5ccccc45)c3)c3ccccc23)c1. The molecule has 0 N–H and O–H groups in total. The fraction of sp³-hybridized carbons (Fsp3) is 0.0175. The molecule has 12 rings (SSSR count). The lowest BCUT2D eigenvalue weighted by atomic mass is 9.84. The average Bonchev–Trinajstić information content (AvgIpc) is 3.58. The van der Waals surface area contributed by atoms with E-state index in [1.54, 1.807) is 0 Å². The molecule has 1 aliphatic carbocycles. The summed E-state index contributed by atoms with van der Waals surface area (Å²) in [6.07, 6.45) is 0.767. The van der Waals surface area contributed by atoms with E-state index in [0.29, 0.717) is 0 Å². The van der Waals surface area contributed by atoms with Gasteiger partial charge in [-0.15, -0.1) is 0 Å². The Morgan fingerprint density at radius 2 is 0.793 bits per heavy atom. The number of benzene rings is 10. The Hall–Kier alpha value is -7.48. The second-order valence-corrected chi connectivity index (χ2v) is 15.5. The predicted octanol–water partition coefficient (Wildman–Crippen LogP) is 15.8. The van der Waals surface area contributed by atoms with E-state index in [1.165, 1.54) is 105 Å². The van der Waals surface area contributed by atoms with Crippen LogP contribution in [0.1, 0.15) is 11.3 Å². The lowest BCUT2D eigenvalue weighted by molar-refractivity contribution is 0.565. The monoisotopic (exact) mass is 736 g/mol. The summed E-state index contributed by atoms with van der Waals surface area (Å²) < 4.78 is 6.66. The second kappa shape index (κ2) is 13.0. The molecule has 1 aromatic heterocycles. The summed E-state index contributed by atoms with van der Waals surface area (Å²) >= 11 is 0. The summed E-state index contributed by atoms with van der Waals surface area (Å²) in [5.74, 6) is 1.03. The normalized spacial score (nSPS) is 12.1. The average molecular weight is 737 g/mol. The molecular weight excluding hydrogens is 701 g/mol.